The summed E-state index contributed by atoms with van der Waals surface area (Å²) in [4.78, 5) is 50.1. The molecule has 2 aromatic carbocycles. The van der Waals surface area contributed by atoms with Gasteiger partial charge in [-0.3, -0.25) is 14.5 Å². The van der Waals surface area contributed by atoms with Crippen molar-refractivity contribution in [1.82, 2.24) is 10.2 Å². The van der Waals surface area contributed by atoms with E-state index in [1.807, 2.05) is 30.3 Å². The molecule has 0 aromatic heterocycles. The van der Waals surface area contributed by atoms with Gasteiger partial charge < -0.3 is 20.5 Å². The maximum Gasteiger partial charge on any atom is 0.411 e. The number of carboxylic acids is 1. The minimum absolute atomic E-state index is 0.0557. The molecule has 35 heavy (non-hydrogen) atoms. The van der Waals surface area contributed by atoms with Crippen LogP contribution in [0.1, 0.15) is 24.5 Å². The summed E-state index contributed by atoms with van der Waals surface area (Å²) >= 11 is 1.26. The molecule has 1 aliphatic rings. The third-order valence-electron chi connectivity index (χ3n) is 5.39. The van der Waals surface area contributed by atoms with E-state index >= 15 is 0 Å². The van der Waals surface area contributed by atoms with Crippen LogP contribution in [0.2, 0.25) is 0 Å². The van der Waals surface area contributed by atoms with Gasteiger partial charge in [0, 0.05) is 30.8 Å². The van der Waals surface area contributed by atoms with Gasteiger partial charge >= 0.3 is 12.1 Å². The van der Waals surface area contributed by atoms with Crippen LogP contribution in [0, 0.1) is 0 Å². The maximum atomic E-state index is 12.7. The van der Waals surface area contributed by atoms with Crippen LogP contribution in [0.3, 0.4) is 0 Å². The van der Waals surface area contributed by atoms with Gasteiger partial charge in [-0.05, 0) is 36.6 Å². The molecule has 2 aromatic rings. The molecule has 0 saturated carbocycles. The van der Waals surface area contributed by atoms with Crippen LogP contribution < -0.4 is 10.6 Å². The highest BCUT2D eigenvalue weighted by Gasteiger charge is 2.37. The Morgan fingerprint density at radius 1 is 1.09 bits per heavy atom. The maximum absolute atomic E-state index is 12.7. The highest BCUT2D eigenvalue weighted by molar-refractivity contribution is 8.00. The van der Waals surface area contributed by atoms with Crippen LogP contribution >= 0.6 is 11.8 Å². The van der Waals surface area contributed by atoms with Crippen LogP contribution in [0.25, 0.3) is 0 Å². The number of nitrogens with one attached hydrogen (secondary N) is 2. The molecule has 0 spiro atoms. The van der Waals surface area contributed by atoms with Crippen molar-refractivity contribution in [3.05, 3.63) is 65.7 Å². The van der Waals surface area contributed by atoms with E-state index in [0.29, 0.717) is 36.4 Å². The van der Waals surface area contributed by atoms with Crippen molar-refractivity contribution in [3.8, 4) is 0 Å². The fourth-order valence-electron chi connectivity index (χ4n) is 3.61. The number of carbonyl (C=O) groups is 4. The molecule has 1 unspecified atom stereocenters. The zero-order valence-electron chi connectivity index (χ0n) is 19.4. The van der Waals surface area contributed by atoms with E-state index in [4.69, 9.17) is 4.74 Å². The highest BCUT2D eigenvalue weighted by Crippen LogP contribution is 2.25. The second kappa shape index (κ2) is 12.8. The molecule has 2 atom stereocenters. The van der Waals surface area contributed by atoms with Gasteiger partial charge in [0.25, 0.3) is 5.91 Å². The molecule has 3 amide bonds. The molecule has 3 N–H and O–H groups in total. The van der Waals surface area contributed by atoms with E-state index in [-0.39, 0.29) is 18.9 Å². The molecule has 3 rings (SSSR count). The van der Waals surface area contributed by atoms with E-state index in [1.54, 1.807) is 31.2 Å². The van der Waals surface area contributed by atoms with Crippen molar-refractivity contribution in [2.75, 3.05) is 24.2 Å². The normalized spacial score (nSPS) is 15.8. The van der Waals surface area contributed by atoms with E-state index in [1.165, 1.54) is 16.7 Å². The van der Waals surface area contributed by atoms with Crippen molar-refractivity contribution in [2.45, 2.75) is 37.6 Å². The summed E-state index contributed by atoms with van der Waals surface area (Å²) in [7, 11) is 0. The van der Waals surface area contributed by atoms with Crippen LogP contribution in [0.4, 0.5) is 10.5 Å². The number of anilines is 1. The molecule has 1 saturated heterocycles. The van der Waals surface area contributed by atoms with Crippen LogP contribution in [0.5, 0.6) is 0 Å². The molecule has 0 bridgehead atoms. The van der Waals surface area contributed by atoms with E-state index in [2.05, 4.69) is 10.6 Å². The van der Waals surface area contributed by atoms with Gasteiger partial charge in [-0.1, -0.05) is 42.5 Å². The minimum atomic E-state index is -1.18. The number of carboxylic acid groups (broad SMARTS) is 1. The van der Waals surface area contributed by atoms with E-state index in [9.17, 15) is 24.3 Å². The quantitative estimate of drug-likeness (QED) is 0.459. The molecule has 10 heteroatoms. The number of benzene rings is 2. The molecule has 1 aliphatic heterocycles. The fourth-order valence-corrected chi connectivity index (χ4v) is 4.73. The smallest absolute Gasteiger partial charge is 0.411 e. The zero-order valence-corrected chi connectivity index (χ0v) is 20.3. The Bertz CT molecular complexity index is 1030. The first kappa shape index (κ1) is 26.1. The lowest BCUT2D eigenvalue weighted by atomic mass is 10.1. The summed E-state index contributed by atoms with van der Waals surface area (Å²) in [6.45, 7) is 2.23. The summed E-state index contributed by atoms with van der Waals surface area (Å²) in [5, 5.41) is 14.2. The summed E-state index contributed by atoms with van der Waals surface area (Å²) in [5.41, 5.74) is 2.37. The topological polar surface area (TPSA) is 125 Å². The number of amides is 3. The monoisotopic (exact) mass is 499 g/mol. The lowest BCUT2D eigenvalue weighted by Gasteiger charge is -2.24. The van der Waals surface area contributed by atoms with Gasteiger partial charge in [0.05, 0.1) is 6.61 Å². The zero-order chi connectivity index (χ0) is 25.2. The molecular formula is C25H29N3O6S. The van der Waals surface area contributed by atoms with Gasteiger partial charge in [0.1, 0.15) is 6.04 Å². The van der Waals surface area contributed by atoms with Crippen LogP contribution in [-0.4, -0.2) is 64.2 Å². The van der Waals surface area contributed by atoms with Gasteiger partial charge in [-0.15, -0.1) is 11.8 Å². The van der Waals surface area contributed by atoms with Gasteiger partial charge in [-0.25, -0.2) is 9.59 Å². The Hall–Kier alpha value is -3.53. The lowest BCUT2D eigenvalue weighted by molar-refractivity contribution is -0.142. The molecule has 1 heterocycles. The molecule has 9 nitrogen and oxygen atoms in total. The number of ether oxygens (including phenoxy) is 1. The highest BCUT2D eigenvalue weighted by atomic mass is 32.2. The second-order valence-electron chi connectivity index (χ2n) is 7.95. The largest absolute Gasteiger partial charge is 0.480 e. The lowest BCUT2D eigenvalue weighted by Crippen LogP contribution is -2.50. The van der Waals surface area contributed by atoms with Gasteiger partial charge in [0.2, 0.25) is 5.91 Å². The van der Waals surface area contributed by atoms with Crippen LogP contribution in [-0.2, 0) is 32.0 Å². The number of hydrogen-bond donors (Lipinski definition) is 3. The van der Waals surface area contributed by atoms with E-state index in [0.717, 1.165) is 5.56 Å². The first-order valence-corrected chi connectivity index (χ1v) is 12.4. The van der Waals surface area contributed by atoms with Crippen LogP contribution in [0.15, 0.2) is 54.6 Å². The Balaban J connectivity index is 1.53. The first-order chi connectivity index (χ1) is 16.9. The van der Waals surface area contributed by atoms with Gasteiger partial charge in [0.15, 0.2) is 5.37 Å². The SMILES string of the molecule is CCOC(=O)N1CCSC1C(=O)N[C@@H](Cc1ccc(NC(=O)CCc2ccccc2)cc1)C(=O)O. The summed E-state index contributed by atoms with van der Waals surface area (Å²) < 4.78 is 4.98. The number of hydrogen-bond acceptors (Lipinski definition) is 6. The summed E-state index contributed by atoms with van der Waals surface area (Å²) in [6, 6.07) is 15.4. The number of thioether (sulfide) groups is 1. The Morgan fingerprint density at radius 2 is 1.80 bits per heavy atom. The summed E-state index contributed by atoms with van der Waals surface area (Å²) in [5.74, 6) is -1.28. The number of rotatable bonds is 10. The number of aryl methyl sites for hydroxylation is 1. The molecular weight excluding hydrogens is 470 g/mol. The van der Waals surface area contributed by atoms with Crippen molar-refractivity contribution in [1.29, 1.82) is 0 Å². The Labute approximate surface area is 208 Å². The molecule has 1 fully saturated rings. The Morgan fingerprint density at radius 3 is 2.46 bits per heavy atom. The molecule has 186 valence electrons. The molecule has 0 aliphatic carbocycles. The number of aliphatic carboxylic acids is 1. The number of carbonyl (C=O) groups excluding carboxylic acids is 3. The first-order valence-electron chi connectivity index (χ1n) is 11.4. The third kappa shape index (κ3) is 7.74. The third-order valence-corrected chi connectivity index (χ3v) is 6.60. The molecule has 0 radical (unpaired) electrons. The van der Waals surface area contributed by atoms with Crippen molar-refractivity contribution in [2.24, 2.45) is 0 Å². The second-order valence-corrected chi connectivity index (χ2v) is 9.14. The average Bonchev–Trinajstić information content (AvgIpc) is 3.35. The minimum Gasteiger partial charge on any atom is -0.480 e. The average molecular weight is 500 g/mol. The van der Waals surface area contributed by atoms with E-state index < -0.39 is 29.4 Å². The van der Waals surface area contributed by atoms with Crippen molar-refractivity contribution >= 4 is 41.3 Å². The number of nitrogens with zero attached hydrogens (tertiary/aromatic N) is 1. The standard InChI is InChI=1S/C25H29N3O6S/c1-2-34-25(33)28-14-15-35-23(28)22(30)27-20(24(31)32)16-18-8-11-19(12-9-18)26-21(29)13-10-17-6-4-3-5-7-17/h3-9,11-12,20,23H,2,10,13-16H2,1H3,(H,26,29)(H,27,30)(H,31,32)/t20-,23?/m0/s1. The Kier molecular flexibility index (Phi) is 9.54. The summed E-state index contributed by atoms with van der Waals surface area (Å²) in [6.07, 6.45) is 0.449. The van der Waals surface area contributed by atoms with Crippen molar-refractivity contribution < 1.29 is 29.0 Å². The van der Waals surface area contributed by atoms with Crippen molar-refractivity contribution in [3.63, 3.8) is 0 Å². The van der Waals surface area contributed by atoms with Gasteiger partial charge in [-0.2, -0.15) is 0 Å². The predicted molar refractivity (Wildman–Crippen MR) is 133 cm³/mol. The fraction of sp³-hybridized carbons (Fsp3) is 0.360. The predicted octanol–water partition coefficient (Wildman–Crippen LogP) is 2.90.